The van der Waals surface area contributed by atoms with E-state index >= 15 is 0 Å². The summed E-state index contributed by atoms with van der Waals surface area (Å²) in [4.78, 5) is 31.3. The molecule has 4 nitrogen and oxygen atoms in total. The molecule has 0 N–H and O–H groups in total. The van der Waals surface area contributed by atoms with Gasteiger partial charge in [0.25, 0.3) is 0 Å². The van der Waals surface area contributed by atoms with Gasteiger partial charge < -0.3 is 4.74 Å². The number of ketones is 1. The van der Waals surface area contributed by atoms with Gasteiger partial charge in [0.2, 0.25) is 0 Å². The highest BCUT2D eigenvalue weighted by molar-refractivity contribution is 9.10. The molecule has 0 aromatic carbocycles. The molecule has 1 aliphatic heterocycles. The first-order valence-corrected chi connectivity index (χ1v) is 10.1. The van der Waals surface area contributed by atoms with Crippen LogP contribution in [-0.4, -0.2) is 24.1 Å². The number of rotatable bonds is 3. The highest BCUT2D eigenvalue weighted by Gasteiger charge is 2.46. The summed E-state index contributed by atoms with van der Waals surface area (Å²) < 4.78 is 6.26. The zero-order valence-electron chi connectivity index (χ0n) is 14.9. The summed E-state index contributed by atoms with van der Waals surface area (Å²) in [5.74, 6) is -1.03. The number of carbonyl (C=O) groups excluding carboxylic acids is 2. The average Bonchev–Trinajstić information content (AvgIpc) is 2.90. The molecule has 134 valence electrons. The highest BCUT2D eigenvalue weighted by atomic mass is 79.9. The van der Waals surface area contributed by atoms with Crippen molar-refractivity contribution < 1.29 is 14.3 Å². The van der Waals surface area contributed by atoms with Crippen molar-refractivity contribution in [1.82, 2.24) is 0 Å². The molecule has 2 atom stereocenters. The molecular formula is C19H22BrNO3S. The van der Waals surface area contributed by atoms with Crippen molar-refractivity contribution in [3.8, 4) is 0 Å². The second-order valence-electron chi connectivity index (χ2n) is 7.43. The van der Waals surface area contributed by atoms with Crippen LogP contribution in [0.4, 0.5) is 0 Å². The Morgan fingerprint density at radius 2 is 2.16 bits per heavy atom. The van der Waals surface area contributed by atoms with E-state index < -0.39 is 5.92 Å². The van der Waals surface area contributed by atoms with Crippen molar-refractivity contribution in [3.63, 3.8) is 0 Å². The molecule has 2 heterocycles. The van der Waals surface area contributed by atoms with Gasteiger partial charge in [-0.25, -0.2) is 0 Å². The fourth-order valence-electron chi connectivity index (χ4n) is 3.78. The van der Waals surface area contributed by atoms with Gasteiger partial charge in [0.1, 0.15) is 5.92 Å². The van der Waals surface area contributed by atoms with Gasteiger partial charge in [0, 0.05) is 44.1 Å². The number of allylic oxidation sites excluding steroid dienone is 2. The van der Waals surface area contributed by atoms with Crippen molar-refractivity contribution in [3.05, 3.63) is 32.1 Å². The molecule has 0 spiro atoms. The summed E-state index contributed by atoms with van der Waals surface area (Å²) >= 11 is 5.04. The van der Waals surface area contributed by atoms with Crippen molar-refractivity contribution in [1.29, 1.82) is 0 Å². The zero-order valence-corrected chi connectivity index (χ0v) is 17.3. The number of Topliss-reactive ketones (excluding diaryl/α,β-unsaturated/α-hetero) is 1. The summed E-state index contributed by atoms with van der Waals surface area (Å²) in [5.41, 5.74) is 2.18. The van der Waals surface area contributed by atoms with Crippen LogP contribution in [0, 0.1) is 11.3 Å². The number of halogens is 1. The third-order valence-electron chi connectivity index (χ3n) is 4.74. The molecule has 25 heavy (non-hydrogen) atoms. The van der Waals surface area contributed by atoms with Crippen molar-refractivity contribution in [2.45, 2.75) is 46.5 Å². The minimum absolute atomic E-state index is 0.100. The molecular weight excluding hydrogens is 402 g/mol. The number of thiophene rings is 1. The normalized spacial score (nSPS) is 25.5. The average molecular weight is 424 g/mol. The largest absolute Gasteiger partial charge is 0.465 e. The van der Waals surface area contributed by atoms with Gasteiger partial charge in [0.05, 0.1) is 6.61 Å². The van der Waals surface area contributed by atoms with Gasteiger partial charge in [0.15, 0.2) is 5.78 Å². The first-order chi connectivity index (χ1) is 11.7. The summed E-state index contributed by atoms with van der Waals surface area (Å²) in [6, 6.07) is 2.00. The first-order valence-electron chi connectivity index (χ1n) is 8.45. The summed E-state index contributed by atoms with van der Waals surface area (Å²) in [6.07, 6.45) is 1.24. The van der Waals surface area contributed by atoms with E-state index in [1.54, 1.807) is 18.3 Å². The zero-order chi connectivity index (χ0) is 18.4. The van der Waals surface area contributed by atoms with Crippen LogP contribution in [0.3, 0.4) is 0 Å². The summed E-state index contributed by atoms with van der Waals surface area (Å²) in [7, 11) is 0. The first kappa shape index (κ1) is 18.5. The molecule has 6 heteroatoms. The van der Waals surface area contributed by atoms with Gasteiger partial charge in [-0.05, 0) is 47.7 Å². The Bertz CT molecular complexity index is 790. The topological polar surface area (TPSA) is 55.7 Å². The number of aliphatic imine (C=N–C) groups is 1. The fraction of sp³-hybridized carbons (Fsp3) is 0.526. The van der Waals surface area contributed by atoms with E-state index in [4.69, 9.17) is 4.74 Å². The lowest BCUT2D eigenvalue weighted by Gasteiger charge is -2.38. The van der Waals surface area contributed by atoms with E-state index in [0.29, 0.717) is 18.6 Å². The molecule has 1 aromatic heterocycles. The Balaban J connectivity index is 2.15. The van der Waals surface area contributed by atoms with Gasteiger partial charge in [-0.1, -0.05) is 13.8 Å². The number of ether oxygens (including phenoxy) is 1. The maximum absolute atomic E-state index is 13.0. The number of hydrogen-bond acceptors (Lipinski definition) is 5. The van der Waals surface area contributed by atoms with Crippen LogP contribution in [0.1, 0.15) is 51.3 Å². The lowest BCUT2D eigenvalue weighted by atomic mass is 9.68. The fourth-order valence-corrected chi connectivity index (χ4v) is 5.37. The minimum atomic E-state index is -0.533. The molecule has 0 amide bonds. The molecule has 1 unspecified atom stereocenters. The maximum Gasteiger partial charge on any atom is 0.315 e. The molecule has 2 aliphatic rings. The lowest BCUT2D eigenvalue weighted by molar-refractivity contribution is -0.146. The highest BCUT2D eigenvalue weighted by Crippen LogP contribution is 2.49. The van der Waals surface area contributed by atoms with E-state index in [1.807, 2.05) is 18.4 Å². The maximum atomic E-state index is 13.0. The quantitative estimate of drug-likeness (QED) is 0.650. The van der Waals surface area contributed by atoms with Crippen LogP contribution in [0.25, 0.3) is 0 Å². The van der Waals surface area contributed by atoms with Crippen LogP contribution >= 0.6 is 27.3 Å². The number of hydrogen-bond donors (Lipinski definition) is 0. The smallest absolute Gasteiger partial charge is 0.315 e. The van der Waals surface area contributed by atoms with Gasteiger partial charge in [-0.2, -0.15) is 0 Å². The monoisotopic (exact) mass is 423 g/mol. The molecule has 0 fully saturated rings. The van der Waals surface area contributed by atoms with Crippen molar-refractivity contribution in [2.24, 2.45) is 16.3 Å². The molecule has 0 saturated carbocycles. The van der Waals surface area contributed by atoms with Crippen LogP contribution in [0.2, 0.25) is 0 Å². The van der Waals surface area contributed by atoms with E-state index in [-0.39, 0.29) is 23.1 Å². The third kappa shape index (κ3) is 3.51. The second-order valence-corrected chi connectivity index (χ2v) is 9.29. The number of carbonyl (C=O) groups is 2. The molecule has 0 radical (unpaired) electrons. The predicted molar refractivity (Wildman–Crippen MR) is 103 cm³/mol. The van der Waals surface area contributed by atoms with Crippen LogP contribution < -0.4 is 0 Å². The molecule has 0 saturated heterocycles. The summed E-state index contributed by atoms with van der Waals surface area (Å²) in [5, 5.41) is 1.98. The van der Waals surface area contributed by atoms with Crippen LogP contribution in [0.15, 0.2) is 32.2 Å². The van der Waals surface area contributed by atoms with Crippen LogP contribution in [-0.2, 0) is 14.3 Å². The lowest BCUT2D eigenvalue weighted by Crippen LogP contribution is -2.39. The Morgan fingerprint density at radius 1 is 1.44 bits per heavy atom. The molecule has 1 aliphatic carbocycles. The Kier molecular flexibility index (Phi) is 5.04. The Hall–Kier alpha value is -1.27. The summed E-state index contributed by atoms with van der Waals surface area (Å²) in [6.45, 7) is 8.16. The van der Waals surface area contributed by atoms with E-state index in [9.17, 15) is 9.59 Å². The predicted octanol–water partition coefficient (Wildman–Crippen LogP) is 4.89. The standard InChI is InChI=1S/C19H22BrNO3S/c1-5-24-18(23)15-10(2)21-12-7-19(3,4)8-13(22)16(12)17(15)14-6-11(20)9-25-14/h6,9,15,17H,5,7-8H2,1-4H3/t15?,17-/m1/s1. The van der Waals surface area contributed by atoms with E-state index in [0.717, 1.165) is 27.2 Å². The molecule has 1 aromatic rings. The van der Waals surface area contributed by atoms with E-state index in [1.165, 1.54) is 0 Å². The van der Waals surface area contributed by atoms with Crippen molar-refractivity contribution in [2.75, 3.05) is 6.61 Å². The molecule has 3 rings (SSSR count). The Labute approximate surface area is 160 Å². The Morgan fingerprint density at radius 3 is 2.76 bits per heavy atom. The van der Waals surface area contributed by atoms with E-state index in [2.05, 4.69) is 34.8 Å². The number of esters is 1. The SMILES string of the molecule is CCOC(=O)C1C(C)=NC2=C(C(=O)CC(C)(C)C2)[C@@H]1c1cc(Br)cs1. The van der Waals surface area contributed by atoms with Crippen molar-refractivity contribution >= 4 is 44.7 Å². The van der Waals surface area contributed by atoms with Gasteiger partial charge in [-0.15, -0.1) is 11.3 Å². The second kappa shape index (κ2) is 6.80. The minimum Gasteiger partial charge on any atom is -0.465 e. The van der Waals surface area contributed by atoms with Crippen LogP contribution in [0.5, 0.6) is 0 Å². The third-order valence-corrected chi connectivity index (χ3v) is 6.51. The van der Waals surface area contributed by atoms with Gasteiger partial charge >= 0.3 is 5.97 Å². The van der Waals surface area contributed by atoms with Gasteiger partial charge in [-0.3, -0.25) is 14.6 Å². The number of nitrogens with zero attached hydrogens (tertiary/aromatic N) is 1. The molecule has 0 bridgehead atoms.